The molecule has 4 rings (SSSR count). The minimum absolute atomic E-state index is 0.0661. The number of amides is 1. The standard InChI is InChI=1S/C18H19FN2O4.C2HF3O2/c1-11-6-7-14(24-11)18(22)21-10-15(16-13(21)5-3-9-23-16)25-17-12(19)4-2-8-20-17;3-2(4,5)1(6)7/h2,4,6-8,13,15-16H,3,5,9-10H2,1H3;(H,6,7)/t13-,15+,16+;/m1./s1. The number of carbonyl (C=O) groups is 2. The summed E-state index contributed by atoms with van der Waals surface area (Å²) in [5.74, 6) is -2.56. The number of alkyl halides is 3. The summed E-state index contributed by atoms with van der Waals surface area (Å²) < 4.78 is 62.7. The van der Waals surface area contributed by atoms with Gasteiger partial charge in [-0.1, -0.05) is 0 Å². The number of fused-ring (bicyclic) bond motifs is 1. The van der Waals surface area contributed by atoms with Gasteiger partial charge in [0.05, 0.1) is 12.6 Å². The van der Waals surface area contributed by atoms with Crippen LogP contribution in [0, 0.1) is 12.7 Å². The lowest BCUT2D eigenvalue weighted by Gasteiger charge is -2.31. The van der Waals surface area contributed by atoms with Gasteiger partial charge in [-0.2, -0.15) is 13.2 Å². The first-order chi connectivity index (χ1) is 15.1. The van der Waals surface area contributed by atoms with Crippen LogP contribution in [0.3, 0.4) is 0 Å². The van der Waals surface area contributed by atoms with Gasteiger partial charge in [-0.15, -0.1) is 0 Å². The molecule has 3 atom stereocenters. The number of carboxylic acid groups (broad SMARTS) is 1. The lowest BCUT2D eigenvalue weighted by atomic mass is 10.0. The van der Waals surface area contributed by atoms with Crippen molar-refractivity contribution in [3.8, 4) is 5.88 Å². The first-order valence-corrected chi connectivity index (χ1v) is 9.64. The van der Waals surface area contributed by atoms with Crippen molar-refractivity contribution < 1.29 is 46.1 Å². The van der Waals surface area contributed by atoms with Crippen molar-refractivity contribution in [2.24, 2.45) is 0 Å². The number of carbonyl (C=O) groups excluding carboxylic acids is 1. The molecular formula is C20H20F4N2O6. The Balaban J connectivity index is 0.000000360. The van der Waals surface area contributed by atoms with Crippen molar-refractivity contribution in [2.45, 2.75) is 44.2 Å². The maximum absolute atomic E-state index is 13.9. The number of aryl methyl sites for hydroxylation is 1. The van der Waals surface area contributed by atoms with Crippen molar-refractivity contribution in [2.75, 3.05) is 13.2 Å². The Labute approximate surface area is 179 Å². The summed E-state index contributed by atoms with van der Waals surface area (Å²) in [5, 5.41) is 7.12. The van der Waals surface area contributed by atoms with Gasteiger partial charge in [0.1, 0.15) is 18.0 Å². The SMILES string of the molecule is Cc1ccc(C(=O)N2C[C@H](Oc3ncccc3F)[C@H]3OCCC[C@H]32)o1.O=C(O)C(F)(F)F. The number of aromatic nitrogens is 1. The largest absolute Gasteiger partial charge is 0.490 e. The molecule has 4 heterocycles. The molecule has 0 saturated carbocycles. The van der Waals surface area contributed by atoms with Gasteiger partial charge < -0.3 is 23.9 Å². The van der Waals surface area contributed by atoms with Crippen LogP contribution < -0.4 is 4.74 Å². The van der Waals surface area contributed by atoms with Gasteiger partial charge in [-0.25, -0.2) is 14.2 Å². The average Bonchev–Trinajstić information content (AvgIpc) is 3.33. The van der Waals surface area contributed by atoms with E-state index in [1.54, 1.807) is 24.0 Å². The number of pyridine rings is 1. The van der Waals surface area contributed by atoms with Crippen LogP contribution in [0.5, 0.6) is 5.88 Å². The molecule has 1 amide bonds. The molecule has 2 aromatic heterocycles. The van der Waals surface area contributed by atoms with Gasteiger partial charge in [0.2, 0.25) is 0 Å². The molecule has 32 heavy (non-hydrogen) atoms. The van der Waals surface area contributed by atoms with E-state index in [0.29, 0.717) is 24.7 Å². The molecule has 174 valence electrons. The number of ether oxygens (including phenoxy) is 2. The third kappa shape index (κ3) is 5.36. The highest BCUT2D eigenvalue weighted by Gasteiger charge is 2.48. The first kappa shape index (κ1) is 23.5. The Hall–Kier alpha value is -3.15. The van der Waals surface area contributed by atoms with Gasteiger partial charge in [-0.05, 0) is 44.0 Å². The molecule has 1 N–H and O–H groups in total. The summed E-state index contributed by atoms with van der Waals surface area (Å²) in [5.41, 5.74) is 0. The number of hydrogen-bond acceptors (Lipinski definition) is 6. The molecule has 2 aliphatic rings. The molecule has 2 fully saturated rings. The van der Waals surface area contributed by atoms with Crippen LogP contribution in [-0.2, 0) is 9.53 Å². The van der Waals surface area contributed by atoms with Crippen molar-refractivity contribution in [1.29, 1.82) is 0 Å². The molecule has 0 unspecified atom stereocenters. The van der Waals surface area contributed by atoms with E-state index in [-0.39, 0.29) is 23.9 Å². The summed E-state index contributed by atoms with van der Waals surface area (Å²) in [6.07, 6.45) is -2.68. The van der Waals surface area contributed by atoms with E-state index in [1.165, 1.54) is 18.3 Å². The van der Waals surface area contributed by atoms with Crippen molar-refractivity contribution in [3.63, 3.8) is 0 Å². The van der Waals surface area contributed by atoms with Gasteiger partial charge in [0.15, 0.2) is 11.6 Å². The van der Waals surface area contributed by atoms with E-state index >= 15 is 0 Å². The highest BCUT2D eigenvalue weighted by Crippen LogP contribution is 2.33. The van der Waals surface area contributed by atoms with Crippen LogP contribution in [0.2, 0.25) is 0 Å². The number of likely N-dealkylation sites (tertiary alicyclic amines) is 1. The highest BCUT2D eigenvalue weighted by molar-refractivity contribution is 5.92. The fourth-order valence-electron chi connectivity index (χ4n) is 3.54. The van der Waals surface area contributed by atoms with Gasteiger partial charge in [-0.3, -0.25) is 4.79 Å². The number of hydrogen-bond donors (Lipinski definition) is 1. The summed E-state index contributed by atoms with van der Waals surface area (Å²) in [6, 6.07) is 6.12. The Morgan fingerprint density at radius 1 is 1.28 bits per heavy atom. The molecule has 2 aliphatic heterocycles. The molecule has 0 aromatic carbocycles. The van der Waals surface area contributed by atoms with Gasteiger partial charge in [0, 0.05) is 12.8 Å². The normalized spacial score (nSPS) is 22.5. The Kier molecular flexibility index (Phi) is 7.02. The Bertz CT molecular complexity index is 964. The zero-order chi connectivity index (χ0) is 23.5. The molecule has 0 bridgehead atoms. The quantitative estimate of drug-likeness (QED) is 0.702. The van der Waals surface area contributed by atoms with E-state index in [9.17, 15) is 22.4 Å². The van der Waals surface area contributed by atoms with E-state index < -0.39 is 24.1 Å². The molecular weight excluding hydrogens is 440 g/mol. The molecule has 12 heteroatoms. The first-order valence-electron chi connectivity index (χ1n) is 9.64. The number of halogens is 4. The van der Waals surface area contributed by atoms with Gasteiger partial charge >= 0.3 is 12.1 Å². The number of aliphatic carboxylic acids is 1. The predicted octanol–water partition coefficient (Wildman–Crippen LogP) is 3.21. The monoisotopic (exact) mass is 460 g/mol. The summed E-state index contributed by atoms with van der Waals surface area (Å²) in [6.45, 7) is 2.71. The van der Waals surface area contributed by atoms with Gasteiger partial charge in [0.25, 0.3) is 11.8 Å². The van der Waals surface area contributed by atoms with E-state index in [0.717, 1.165) is 12.8 Å². The fraction of sp³-hybridized carbons (Fsp3) is 0.450. The van der Waals surface area contributed by atoms with E-state index in [2.05, 4.69) is 4.98 Å². The second-order valence-electron chi connectivity index (χ2n) is 7.16. The Morgan fingerprint density at radius 2 is 2.00 bits per heavy atom. The second kappa shape index (κ2) is 9.55. The predicted molar refractivity (Wildman–Crippen MR) is 99.5 cm³/mol. The summed E-state index contributed by atoms with van der Waals surface area (Å²) in [4.78, 5) is 27.4. The molecule has 8 nitrogen and oxygen atoms in total. The smallest absolute Gasteiger partial charge is 0.475 e. The molecule has 0 aliphatic carbocycles. The van der Waals surface area contributed by atoms with Crippen LogP contribution >= 0.6 is 0 Å². The highest BCUT2D eigenvalue weighted by atomic mass is 19.4. The van der Waals surface area contributed by atoms with Crippen LogP contribution in [-0.4, -0.2) is 64.4 Å². The minimum Gasteiger partial charge on any atom is -0.475 e. The van der Waals surface area contributed by atoms with Crippen LogP contribution in [0.25, 0.3) is 0 Å². The maximum Gasteiger partial charge on any atom is 0.490 e. The molecule has 0 spiro atoms. The third-order valence-corrected chi connectivity index (χ3v) is 4.92. The molecule has 0 radical (unpaired) electrons. The zero-order valence-electron chi connectivity index (χ0n) is 16.8. The maximum atomic E-state index is 13.9. The average molecular weight is 460 g/mol. The summed E-state index contributed by atoms with van der Waals surface area (Å²) >= 11 is 0. The van der Waals surface area contributed by atoms with Crippen LogP contribution in [0.4, 0.5) is 17.6 Å². The van der Waals surface area contributed by atoms with Crippen LogP contribution in [0.15, 0.2) is 34.9 Å². The van der Waals surface area contributed by atoms with Crippen molar-refractivity contribution >= 4 is 11.9 Å². The lowest BCUT2D eigenvalue weighted by molar-refractivity contribution is -0.192. The van der Waals surface area contributed by atoms with E-state index in [1.807, 2.05) is 0 Å². The fourth-order valence-corrected chi connectivity index (χ4v) is 3.54. The Morgan fingerprint density at radius 3 is 2.59 bits per heavy atom. The summed E-state index contributed by atoms with van der Waals surface area (Å²) in [7, 11) is 0. The number of rotatable bonds is 3. The number of nitrogens with zero attached hydrogens (tertiary/aromatic N) is 2. The minimum atomic E-state index is -5.08. The zero-order valence-corrected chi connectivity index (χ0v) is 16.8. The van der Waals surface area contributed by atoms with Crippen molar-refractivity contribution in [3.05, 3.63) is 47.8 Å². The molecule has 2 saturated heterocycles. The number of furan rings is 1. The number of carboxylic acids is 1. The lowest BCUT2D eigenvalue weighted by Crippen LogP contribution is -2.44. The second-order valence-corrected chi connectivity index (χ2v) is 7.16. The van der Waals surface area contributed by atoms with Crippen molar-refractivity contribution in [1.82, 2.24) is 9.88 Å². The van der Waals surface area contributed by atoms with E-state index in [4.69, 9.17) is 23.8 Å². The molecule has 2 aromatic rings. The topological polar surface area (TPSA) is 102 Å². The van der Waals surface area contributed by atoms with Crippen LogP contribution in [0.1, 0.15) is 29.2 Å². The third-order valence-electron chi connectivity index (χ3n) is 4.92.